The van der Waals surface area contributed by atoms with Gasteiger partial charge in [0.25, 0.3) is 0 Å². The van der Waals surface area contributed by atoms with Gasteiger partial charge in [-0.05, 0) is 24.8 Å². The Morgan fingerprint density at radius 2 is 2.29 bits per heavy atom. The molecule has 94 valence electrons. The minimum atomic E-state index is -0.578. The summed E-state index contributed by atoms with van der Waals surface area (Å²) in [5.74, 6) is 4.67. The van der Waals surface area contributed by atoms with Crippen molar-refractivity contribution in [3.8, 4) is 0 Å². The van der Waals surface area contributed by atoms with E-state index in [4.69, 9.17) is 10.6 Å². The van der Waals surface area contributed by atoms with Gasteiger partial charge in [-0.25, -0.2) is 8.78 Å². The first-order chi connectivity index (χ1) is 8.20. The number of hydrogen-bond acceptors (Lipinski definition) is 3. The zero-order chi connectivity index (χ0) is 12.3. The van der Waals surface area contributed by atoms with Crippen LogP contribution in [0.4, 0.5) is 8.78 Å². The standard InChI is InChI=1S/C12H16F2N2O/c13-9-1-2-10(11(14)6-9)12(16-15)5-8-3-4-17-7-8/h1-2,6,8,12,16H,3-5,7,15H2. The molecule has 1 aliphatic heterocycles. The normalized spacial score (nSPS) is 21.7. The van der Waals surface area contributed by atoms with Gasteiger partial charge in [0.05, 0.1) is 0 Å². The fourth-order valence-electron chi connectivity index (χ4n) is 2.17. The maximum atomic E-state index is 13.6. The molecule has 0 radical (unpaired) electrons. The molecule has 1 aromatic carbocycles. The molecule has 0 spiro atoms. The lowest BCUT2D eigenvalue weighted by atomic mass is 9.94. The molecule has 2 atom stereocenters. The Balaban J connectivity index is 2.10. The summed E-state index contributed by atoms with van der Waals surface area (Å²) in [7, 11) is 0. The number of hydrazine groups is 1. The molecule has 1 heterocycles. The van der Waals surface area contributed by atoms with Crippen molar-refractivity contribution in [1.82, 2.24) is 5.43 Å². The van der Waals surface area contributed by atoms with Gasteiger partial charge < -0.3 is 4.74 Å². The highest BCUT2D eigenvalue weighted by Crippen LogP contribution is 2.27. The molecular weight excluding hydrogens is 226 g/mol. The molecule has 2 rings (SSSR count). The van der Waals surface area contributed by atoms with Gasteiger partial charge in [-0.2, -0.15) is 0 Å². The third-order valence-electron chi connectivity index (χ3n) is 3.13. The summed E-state index contributed by atoms with van der Waals surface area (Å²) in [6, 6.07) is 3.26. The third kappa shape index (κ3) is 3.00. The van der Waals surface area contributed by atoms with Crippen LogP contribution in [0.1, 0.15) is 24.4 Å². The van der Waals surface area contributed by atoms with Crippen molar-refractivity contribution in [3.63, 3.8) is 0 Å². The lowest BCUT2D eigenvalue weighted by molar-refractivity contribution is 0.181. The summed E-state index contributed by atoms with van der Waals surface area (Å²) in [5, 5.41) is 0. The van der Waals surface area contributed by atoms with Crippen LogP contribution in [0, 0.1) is 17.6 Å². The van der Waals surface area contributed by atoms with Crippen LogP contribution < -0.4 is 11.3 Å². The molecule has 3 nitrogen and oxygen atoms in total. The van der Waals surface area contributed by atoms with Crippen LogP contribution >= 0.6 is 0 Å². The van der Waals surface area contributed by atoms with E-state index in [0.29, 0.717) is 24.5 Å². The molecule has 1 fully saturated rings. The van der Waals surface area contributed by atoms with Gasteiger partial charge in [0.15, 0.2) is 0 Å². The number of hydrogen-bond donors (Lipinski definition) is 2. The third-order valence-corrected chi connectivity index (χ3v) is 3.13. The highest BCUT2D eigenvalue weighted by molar-refractivity contribution is 5.22. The number of nitrogens with one attached hydrogen (secondary N) is 1. The molecule has 1 saturated heterocycles. The van der Waals surface area contributed by atoms with Crippen LogP contribution in [-0.2, 0) is 4.74 Å². The summed E-state index contributed by atoms with van der Waals surface area (Å²) in [6.45, 7) is 1.43. The van der Waals surface area contributed by atoms with Crippen molar-refractivity contribution in [2.45, 2.75) is 18.9 Å². The van der Waals surface area contributed by atoms with E-state index in [9.17, 15) is 8.78 Å². The van der Waals surface area contributed by atoms with Gasteiger partial charge in [0, 0.05) is 30.9 Å². The van der Waals surface area contributed by atoms with Gasteiger partial charge in [0.1, 0.15) is 11.6 Å². The van der Waals surface area contributed by atoms with E-state index in [1.165, 1.54) is 12.1 Å². The highest BCUT2D eigenvalue weighted by atomic mass is 19.1. The molecule has 0 amide bonds. The van der Waals surface area contributed by atoms with Crippen molar-refractivity contribution in [2.24, 2.45) is 11.8 Å². The molecule has 3 N–H and O–H groups in total. The van der Waals surface area contributed by atoms with Crippen LogP contribution in [0.15, 0.2) is 18.2 Å². The Bertz CT molecular complexity index is 381. The Morgan fingerprint density at radius 3 is 2.88 bits per heavy atom. The fourth-order valence-corrected chi connectivity index (χ4v) is 2.17. The number of nitrogens with two attached hydrogens (primary N) is 1. The lowest BCUT2D eigenvalue weighted by Crippen LogP contribution is -2.30. The fraction of sp³-hybridized carbons (Fsp3) is 0.500. The summed E-state index contributed by atoms with van der Waals surface area (Å²) in [6.07, 6.45) is 1.65. The predicted molar refractivity (Wildman–Crippen MR) is 60.0 cm³/mol. The lowest BCUT2D eigenvalue weighted by Gasteiger charge is -2.20. The number of benzene rings is 1. The molecule has 1 aromatic rings. The van der Waals surface area contributed by atoms with Gasteiger partial charge in [0.2, 0.25) is 0 Å². The molecule has 0 bridgehead atoms. The van der Waals surface area contributed by atoms with Crippen molar-refractivity contribution in [3.05, 3.63) is 35.4 Å². The Morgan fingerprint density at radius 1 is 1.47 bits per heavy atom. The van der Waals surface area contributed by atoms with Crippen LogP contribution in [0.5, 0.6) is 0 Å². The predicted octanol–water partition coefficient (Wildman–Crippen LogP) is 1.90. The molecule has 1 aliphatic rings. The average Bonchev–Trinajstić information content (AvgIpc) is 2.79. The van der Waals surface area contributed by atoms with Crippen molar-refractivity contribution < 1.29 is 13.5 Å². The summed E-state index contributed by atoms with van der Waals surface area (Å²) in [5.41, 5.74) is 2.99. The second-order valence-electron chi connectivity index (χ2n) is 4.35. The first-order valence-electron chi connectivity index (χ1n) is 5.69. The highest BCUT2D eigenvalue weighted by Gasteiger charge is 2.23. The molecule has 0 aromatic heterocycles. The maximum absolute atomic E-state index is 13.6. The monoisotopic (exact) mass is 242 g/mol. The summed E-state index contributed by atoms with van der Waals surface area (Å²) in [4.78, 5) is 0. The van der Waals surface area contributed by atoms with E-state index >= 15 is 0 Å². The van der Waals surface area contributed by atoms with Gasteiger partial charge in [-0.15, -0.1) is 0 Å². The largest absolute Gasteiger partial charge is 0.381 e. The Labute approximate surface area is 98.9 Å². The van der Waals surface area contributed by atoms with Crippen LogP contribution in [0.25, 0.3) is 0 Å². The second kappa shape index (κ2) is 5.53. The van der Waals surface area contributed by atoms with Gasteiger partial charge >= 0.3 is 0 Å². The second-order valence-corrected chi connectivity index (χ2v) is 4.35. The van der Waals surface area contributed by atoms with Crippen molar-refractivity contribution in [2.75, 3.05) is 13.2 Å². The van der Waals surface area contributed by atoms with Gasteiger partial charge in [-0.1, -0.05) is 6.07 Å². The summed E-state index contributed by atoms with van der Waals surface area (Å²) >= 11 is 0. The van der Waals surface area contributed by atoms with Crippen LogP contribution in [0.2, 0.25) is 0 Å². The zero-order valence-electron chi connectivity index (χ0n) is 9.46. The molecule has 0 saturated carbocycles. The number of rotatable bonds is 4. The smallest absolute Gasteiger partial charge is 0.130 e. The van der Waals surface area contributed by atoms with Crippen molar-refractivity contribution >= 4 is 0 Å². The Hall–Kier alpha value is -1.04. The minimum absolute atomic E-state index is 0.303. The quantitative estimate of drug-likeness (QED) is 0.626. The minimum Gasteiger partial charge on any atom is -0.381 e. The van der Waals surface area contributed by atoms with Crippen LogP contribution in [0.3, 0.4) is 0 Å². The van der Waals surface area contributed by atoms with Crippen molar-refractivity contribution in [1.29, 1.82) is 0 Å². The molecule has 2 unspecified atom stereocenters. The van der Waals surface area contributed by atoms with E-state index in [1.807, 2.05) is 0 Å². The van der Waals surface area contributed by atoms with E-state index < -0.39 is 11.6 Å². The van der Waals surface area contributed by atoms with E-state index in [0.717, 1.165) is 19.1 Å². The molecular formula is C12H16F2N2O. The van der Waals surface area contributed by atoms with Crippen LogP contribution in [-0.4, -0.2) is 13.2 Å². The topological polar surface area (TPSA) is 47.3 Å². The SMILES string of the molecule is NNC(CC1CCOC1)c1ccc(F)cc1F. The van der Waals surface area contributed by atoms with Gasteiger partial charge in [-0.3, -0.25) is 11.3 Å². The van der Waals surface area contributed by atoms with E-state index in [1.54, 1.807) is 0 Å². The maximum Gasteiger partial charge on any atom is 0.130 e. The average molecular weight is 242 g/mol. The number of halogens is 2. The summed E-state index contributed by atoms with van der Waals surface area (Å²) < 4.78 is 31.7. The molecule has 0 aliphatic carbocycles. The number of ether oxygens (including phenoxy) is 1. The Kier molecular flexibility index (Phi) is 4.04. The van der Waals surface area contributed by atoms with E-state index in [-0.39, 0.29) is 6.04 Å². The first kappa shape index (κ1) is 12.4. The van der Waals surface area contributed by atoms with E-state index in [2.05, 4.69) is 5.43 Å². The first-order valence-corrected chi connectivity index (χ1v) is 5.69. The zero-order valence-corrected chi connectivity index (χ0v) is 9.46. The molecule has 5 heteroatoms. The molecule has 17 heavy (non-hydrogen) atoms.